The number of para-hydroxylation sites is 1. The van der Waals surface area contributed by atoms with Crippen LogP contribution in [0.2, 0.25) is 0 Å². The third-order valence-electron chi connectivity index (χ3n) is 7.52. The quantitative estimate of drug-likeness (QED) is 0.228. The van der Waals surface area contributed by atoms with E-state index in [1.54, 1.807) is 73.2 Å². The Balaban J connectivity index is 1.38. The molecule has 5 aromatic rings. The number of rotatable bonds is 9. The Morgan fingerprint density at radius 3 is 2.39 bits per heavy atom. The molecule has 1 amide bonds. The van der Waals surface area contributed by atoms with Crippen LogP contribution in [-0.4, -0.2) is 24.7 Å². The fourth-order valence-electron chi connectivity index (χ4n) is 5.22. The number of hydrogen-bond acceptors (Lipinski definition) is 7. The van der Waals surface area contributed by atoms with Crippen molar-refractivity contribution >= 4 is 29.0 Å². The molecule has 0 spiro atoms. The van der Waals surface area contributed by atoms with Crippen LogP contribution in [0.5, 0.6) is 17.2 Å². The Bertz CT molecular complexity index is 2100. The molecular weight excluding hydrogens is 605 g/mol. The smallest absolute Gasteiger partial charge is 0.271 e. The highest BCUT2D eigenvalue weighted by Crippen LogP contribution is 2.32. The number of hydrogen-bond donors (Lipinski definition) is 1. The maximum Gasteiger partial charge on any atom is 0.271 e. The third kappa shape index (κ3) is 6.33. The molecule has 8 nitrogen and oxygen atoms in total. The Kier molecular flexibility index (Phi) is 8.80. The number of fused-ring (bicyclic) bond motifs is 1. The number of halogens is 1. The Hall–Kier alpha value is -5.48. The van der Waals surface area contributed by atoms with E-state index in [0.717, 1.165) is 16.7 Å². The molecule has 1 aromatic heterocycles. The van der Waals surface area contributed by atoms with Crippen molar-refractivity contribution in [3.63, 3.8) is 0 Å². The number of nitrogens with one attached hydrogen (secondary N) is 1. The van der Waals surface area contributed by atoms with Crippen LogP contribution in [-0.2, 0) is 11.4 Å². The van der Waals surface area contributed by atoms with Crippen molar-refractivity contribution in [1.29, 1.82) is 0 Å². The van der Waals surface area contributed by atoms with E-state index < -0.39 is 6.04 Å². The second-order valence-electron chi connectivity index (χ2n) is 10.5. The summed E-state index contributed by atoms with van der Waals surface area (Å²) in [6.45, 7) is 2.02. The maximum atomic E-state index is 14.1. The summed E-state index contributed by atoms with van der Waals surface area (Å²) < 4.78 is 32.1. The molecule has 6 rings (SSSR count). The van der Waals surface area contributed by atoms with Gasteiger partial charge in [-0.05, 0) is 78.2 Å². The molecule has 0 radical (unpaired) electrons. The van der Waals surface area contributed by atoms with E-state index in [4.69, 9.17) is 19.2 Å². The number of benzene rings is 4. The van der Waals surface area contributed by atoms with Crippen LogP contribution in [0, 0.1) is 5.82 Å². The van der Waals surface area contributed by atoms with Gasteiger partial charge in [-0.3, -0.25) is 14.2 Å². The first-order valence-corrected chi connectivity index (χ1v) is 15.2. The molecule has 232 valence electrons. The molecule has 0 aliphatic carbocycles. The molecule has 0 fully saturated rings. The number of ether oxygens (including phenoxy) is 3. The summed E-state index contributed by atoms with van der Waals surface area (Å²) in [7, 11) is 3.12. The zero-order valence-electron chi connectivity index (χ0n) is 25.3. The number of nitrogens with zero attached hydrogens (tertiary/aromatic N) is 2. The summed E-state index contributed by atoms with van der Waals surface area (Å²) in [6.07, 6.45) is 1.77. The van der Waals surface area contributed by atoms with Gasteiger partial charge in [0.1, 0.15) is 18.2 Å². The van der Waals surface area contributed by atoms with E-state index in [1.807, 2.05) is 36.4 Å². The molecule has 1 N–H and O–H groups in total. The van der Waals surface area contributed by atoms with Gasteiger partial charge in [0.25, 0.3) is 11.5 Å². The monoisotopic (exact) mass is 635 g/mol. The zero-order chi connectivity index (χ0) is 32.2. The van der Waals surface area contributed by atoms with Crippen molar-refractivity contribution in [3.05, 3.63) is 151 Å². The zero-order valence-corrected chi connectivity index (χ0v) is 26.1. The molecule has 2 heterocycles. The van der Waals surface area contributed by atoms with Gasteiger partial charge in [-0.1, -0.05) is 59.9 Å². The molecule has 10 heteroatoms. The minimum Gasteiger partial charge on any atom is -0.497 e. The van der Waals surface area contributed by atoms with Crippen molar-refractivity contribution in [2.45, 2.75) is 19.6 Å². The van der Waals surface area contributed by atoms with Crippen LogP contribution in [0.15, 0.2) is 118 Å². The van der Waals surface area contributed by atoms with E-state index in [1.165, 1.54) is 30.6 Å². The predicted molar refractivity (Wildman–Crippen MR) is 176 cm³/mol. The summed E-state index contributed by atoms with van der Waals surface area (Å²) in [5.41, 5.74) is 3.52. The van der Waals surface area contributed by atoms with Crippen molar-refractivity contribution in [1.82, 2.24) is 4.57 Å². The number of methoxy groups -OCH3 is 2. The Labute approximate surface area is 268 Å². The van der Waals surface area contributed by atoms with Gasteiger partial charge in [0, 0.05) is 5.69 Å². The third-order valence-corrected chi connectivity index (χ3v) is 8.51. The molecule has 0 saturated heterocycles. The number of carbonyl (C=O) groups excluding carboxylic acids is 1. The summed E-state index contributed by atoms with van der Waals surface area (Å²) in [6, 6.07) is 27.2. The van der Waals surface area contributed by atoms with E-state index in [9.17, 15) is 14.0 Å². The van der Waals surface area contributed by atoms with Crippen molar-refractivity contribution in [2.24, 2.45) is 4.99 Å². The first-order valence-electron chi connectivity index (χ1n) is 14.4. The summed E-state index contributed by atoms with van der Waals surface area (Å²) in [5, 5.41) is 2.96. The second-order valence-corrected chi connectivity index (χ2v) is 11.5. The van der Waals surface area contributed by atoms with Crippen molar-refractivity contribution < 1.29 is 23.4 Å². The minimum absolute atomic E-state index is 0.236. The highest BCUT2D eigenvalue weighted by atomic mass is 32.1. The van der Waals surface area contributed by atoms with Crippen molar-refractivity contribution in [3.8, 4) is 17.2 Å². The normalized spacial score (nSPS) is 14.3. The lowest BCUT2D eigenvalue weighted by Crippen LogP contribution is -2.40. The fraction of sp³-hybridized carbons (Fsp3) is 0.139. The molecule has 0 saturated carbocycles. The first-order chi connectivity index (χ1) is 22.3. The predicted octanol–water partition coefficient (Wildman–Crippen LogP) is 5.61. The average Bonchev–Trinajstić information content (AvgIpc) is 3.38. The van der Waals surface area contributed by atoms with Crippen LogP contribution < -0.4 is 34.4 Å². The van der Waals surface area contributed by atoms with Gasteiger partial charge in [-0.25, -0.2) is 9.38 Å². The summed E-state index contributed by atoms with van der Waals surface area (Å²) in [5.74, 6) is 0.993. The molecule has 46 heavy (non-hydrogen) atoms. The van der Waals surface area contributed by atoms with Gasteiger partial charge >= 0.3 is 0 Å². The van der Waals surface area contributed by atoms with Crippen LogP contribution >= 0.6 is 11.3 Å². The number of thiazole rings is 1. The first kappa shape index (κ1) is 30.5. The fourth-order valence-corrected chi connectivity index (χ4v) is 6.27. The van der Waals surface area contributed by atoms with Crippen molar-refractivity contribution in [2.75, 3.05) is 19.5 Å². The summed E-state index contributed by atoms with van der Waals surface area (Å²) >= 11 is 1.25. The lowest BCUT2D eigenvalue weighted by Gasteiger charge is -2.25. The SMILES string of the molecule is COc1ccc([C@@H]2C(C(=O)Nc3ccccc3)=C(C)N=c3s/c(=C/c4ccc(OCc5ccc(F)cc5)c(OC)c4)c(=O)n32)cc1. The molecule has 0 unspecified atom stereocenters. The van der Waals surface area contributed by atoms with E-state index in [2.05, 4.69) is 5.32 Å². The van der Waals surface area contributed by atoms with Crippen LogP contribution in [0.4, 0.5) is 10.1 Å². The Morgan fingerprint density at radius 2 is 1.70 bits per heavy atom. The average molecular weight is 636 g/mol. The lowest BCUT2D eigenvalue weighted by molar-refractivity contribution is -0.113. The van der Waals surface area contributed by atoms with Gasteiger partial charge in [0.2, 0.25) is 0 Å². The summed E-state index contributed by atoms with van der Waals surface area (Å²) in [4.78, 5) is 33.0. The highest BCUT2D eigenvalue weighted by Gasteiger charge is 2.32. The standard InChI is InChI=1S/C36H30FN3O5S/c1-22-32(34(41)39-27-7-5-4-6-8-27)33(25-12-16-28(43-2)17-13-25)40-35(42)31(46-36(40)38-22)20-24-11-18-29(30(19-24)44-3)45-21-23-9-14-26(37)15-10-23/h4-20,33H,21H2,1-3H3,(H,39,41)/b31-20+/t33-/m1/s1. The number of aromatic nitrogens is 1. The Morgan fingerprint density at radius 1 is 0.957 bits per heavy atom. The second kappa shape index (κ2) is 13.3. The molecule has 1 aliphatic heterocycles. The minimum atomic E-state index is -0.718. The molecule has 1 aliphatic rings. The van der Waals surface area contributed by atoms with Crippen LogP contribution in [0.1, 0.15) is 29.7 Å². The van der Waals surface area contributed by atoms with Crippen LogP contribution in [0.25, 0.3) is 6.08 Å². The van der Waals surface area contributed by atoms with E-state index >= 15 is 0 Å². The molecule has 4 aromatic carbocycles. The van der Waals surface area contributed by atoms with E-state index in [0.29, 0.717) is 43.5 Å². The van der Waals surface area contributed by atoms with E-state index in [-0.39, 0.29) is 23.9 Å². The maximum absolute atomic E-state index is 14.1. The largest absolute Gasteiger partial charge is 0.497 e. The van der Waals surface area contributed by atoms with Crippen LogP contribution in [0.3, 0.4) is 0 Å². The number of carbonyl (C=O) groups is 1. The van der Waals surface area contributed by atoms with Gasteiger partial charge in [-0.2, -0.15) is 0 Å². The number of anilines is 1. The number of allylic oxidation sites excluding steroid dienone is 1. The van der Waals surface area contributed by atoms with Gasteiger partial charge < -0.3 is 19.5 Å². The number of amides is 1. The highest BCUT2D eigenvalue weighted by molar-refractivity contribution is 7.07. The van der Waals surface area contributed by atoms with Gasteiger partial charge in [0.15, 0.2) is 16.3 Å². The van der Waals surface area contributed by atoms with Gasteiger partial charge in [0.05, 0.1) is 36.1 Å². The topological polar surface area (TPSA) is 91.2 Å². The lowest BCUT2D eigenvalue weighted by atomic mass is 9.95. The van der Waals surface area contributed by atoms with Gasteiger partial charge in [-0.15, -0.1) is 0 Å². The molecular formula is C36H30FN3O5S. The molecule has 0 bridgehead atoms. The molecule has 1 atom stereocenters.